The number of hydrogen-bond donors (Lipinski definition) is 2. The number of rotatable bonds is 6. The van der Waals surface area contributed by atoms with Gasteiger partial charge in [-0.05, 0) is 40.0 Å². The molecule has 2 N–H and O–H groups in total. The molecule has 1 fully saturated rings. The normalized spacial score (nSPS) is 24.5. The van der Waals surface area contributed by atoms with Crippen LogP contribution in [-0.2, 0) is 4.74 Å². The first-order valence-electron chi connectivity index (χ1n) is 8.00. The second-order valence-electron chi connectivity index (χ2n) is 7.01. The van der Waals surface area contributed by atoms with E-state index in [-0.39, 0.29) is 29.7 Å². The Morgan fingerprint density at radius 1 is 1.43 bits per heavy atom. The lowest BCUT2D eigenvalue weighted by Crippen LogP contribution is -2.47. The average Bonchev–Trinajstić information content (AvgIpc) is 2.40. The molecule has 0 radical (unpaired) electrons. The van der Waals surface area contributed by atoms with E-state index in [0.29, 0.717) is 6.54 Å². The predicted octanol–water partition coefficient (Wildman–Crippen LogP) is 2.38. The quantitative estimate of drug-likeness (QED) is 0.791. The number of hydrogen-bond acceptors (Lipinski definition) is 3. The predicted molar refractivity (Wildman–Crippen MR) is 84.3 cm³/mol. The van der Waals surface area contributed by atoms with E-state index in [1.54, 1.807) is 19.1 Å². The van der Waals surface area contributed by atoms with Gasteiger partial charge in [0.1, 0.15) is 0 Å². The van der Waals surface area contributed by atoms with Crippen molar-refractivity contribution >= 4 is 6.03 Å². The third-order valence-corrected chi connectivity index (χ3v) is 4.44. The summed E-state index contributed by atoms with van der Waals surface area (Å²) < 4.78 is 5.39. The number of aliphatic hydroxyl groups is 1. The molecule has 1 aliphatic carbocycles. The van der Waals surface area contributed by atoms with Crippen LogP contribution in [0.4, 0.5) is 4.79 Å². The van der Waals surface area contributed by atoms with Gasteiger partial charge >= 0.3 is 6.03 Å². The molecule has 21 heavy (non-hydrogen) atoms. The molecule has 0 aromatic rings. The Bertz CT molecular complexity index is 333. The Balaban J connectivity index is 2.39. The van der Waals surface area contributed by atoms with Crippen molar-refractivity contribution < 1.29 is 14.6 Å². The SMILES string of the molecule is COC(C)(C)CC(C)NC(=O)N(C)CC1CCCCC1O. The number of methoxy groups -OCH3 is 1. The number of nitrogens with zero attached hydrogens (tertiary/aromatic N) is 1. The molecule has 0 aliphatic heterocycles. The summed E-state index contributed by atoms with van der Waals surface area (Å²) in [6.45, 7) is 6.63. The minimum Gasteiger partial charge on any atom is -0.393 e. The topological polar surface area (TPSA) is 61.8 Å². The molecule has 3 unspecified atom stereocenters. The number of urea groups is 1. The lowest BCUT2D eigenvalue weighted by Gasteiger charge is -2.32. The second kappa shape index (κ2) is 7.99. The summed E-state index contributed by atoms with van der Waals surface area (Å²) in [5, 5.41) is 13.0. The smallest absolute Gasteiger partial charge is 0.317 e. The van der Waals surface area contributed by atoms with E-state index in [2.05, 4.69) is 5.32 Å². The summed E-state index contributed by atoms with van der Waals surface area (Å²) in [5.41, 5.74) is -0.245. The Morgan fingerprint density at radius 3 is 2.62 bits per heavy atom. The fraction of sp³-hybridized carbons (Fsp3) is 0.938. The number of carbonyl (C=O) groups is 1. The standard InChI is InChI=1S/C16H32N2O3/c1-12(10-16(2,3)21-5)17-15(20)18(4)11-13-8-6-7-9-14(13)19/h12-14,19H,6-11H2,1-5H3,(H,17,20). The summed E-state index contributed by atoms with van der Waals surface area (Å²) in [4.78, 5) is 13.9. The van der Waals surface area contributed by atoms with Crippen molar-refractivity contribution in [1.82, 2.24) is 10.2 Å². The first-order valence-corrected chi connectivity index (χ1v) is 8.00. The van der Waals surface area contributed by atoms with Gasteiger partial charge in [0.2, 0.25) is 0 Å². The number of nitrogens with one attached hydrogen (secondary N) is 1. The fourth-order valence-corrected chi connectivity index (χ4v) is 3.03. The van der Waals surface area contributed by atoms with Crippen molar-refractivity contribution in [3.63, 3.8) is 0 Å². The Kier molecular flexibility index (Phi) is 6.94. The highest BCUT2D eigenvalue weighted by molar-refractivity contribution is 5.74. The van der Waals surface area contributed by atoms with Gasteiger partial charge in [0.25, 0.3) is 0 Å². The summed E-state index contributed by atoms with van der Waals surface area (Å²) in [6, 6.07) is -0.0293. The number of aliphatic hydroxyl groups excluding tert-OH is 1. The van der Waals surface area contributed by atoms with Gasteiger partial charge in [0.05, 0.1) is 11.7 Å². The molecule has 0 aromatic carbocycles. The zero-order valence-electron chi connectivity index (χ0n) is 14.2. The lowest BCUT2D eigenvalue weighted by molar-refractivity contribution is 0.00899. The van der Waals surface area contributed by atoms with Crippen LogP contribution < -0.4 is 5.32 Å². The van der Waals surface area contributed by atoms with Crippen molar-refractivity contribution in [2.75, 3.05) is 20.7 Å². The molecule has 3 atom stereocenters. The minimum atomic E-state index is -0.265. The summed E-state index contributed by atoms with van der Waals surface area (Å²) in [6.07, 6.45) is 4.60. The van der Waals surface area contributed by atoms with Gasteiger partial charge in [-0.1, -0.05) is 12.8 Å². The van der Waals surface area contributed by atoms with E-state index in [4.69, 9.17) is 4.74 Å². The van der Waals surface area contributed by atoms with E-state index in [1.807, 2.05) is 20.8 Å². The first-order chi connectivity index (χ1) is 9.75. The number of carbonyl (C=O) groups excluding carboxylic acids is 1. The molecule has 1 aliphatic rings. The highest BCUT2D eigenvalue weighted by Crippen LogP contribution is 2.25. The Hall–Kier alpha value is -0.810. The molecule has 1 rings (SSSR count). The third-order valence-electron chi connectivity index (χ3n) is 4.44. The molecule has 5 heteroatoms. The molecule has 0 spiro atoms. The zero-order chi connectivity index (χ0) is 16.0. The minimum absolute atomic E-state index is 0.0474. The molecular formula is C16H32N2O3. The van der Waals surface area contributed by atoms with Crippen LogP contribution >= 0.6 is 0 Å². The van der Waals surface area contributed by atoms with Crippen molar-refractivity contribution in [2.45, 2.75) is 70.6 Å². The summed E-state index contributed by atoms with van der Waals surface area (Å²) in [7, 11) is 3.48. The first kappa shape index (κ1) is 18.2. The van der Waals surface area contributed by atoms with E-state index >= 15 is 0 Å². The van der Waals surface area contributed by atoms with Crippen LogP contribution in [0, 0.1) is 5.92 Å². The monoisotopic (exact) mass is 300 g/mol. The van der Waals surface area contributed by atoms with Gasteiger partial charge in [0, 0.05) is 32.7 Å². The molecular weight excluding hydrogens is 268 g/mol. The van der Waals surface area contributed by atoms with Crippen LogP contribution in [0.5, 0.6) is 0 Å². The van der Waals surface area contributed by atoms with Gasteiger partial charge in [-0.3, -0.25) is 0 Å². The van der Waals surface area contributed by atoms with Crippen molar-refractivity contribution in [1.29, 1.82) is 0 Å². The van der Waals surface area contributed by atoms with Gasteiger partial charge in [-0.15, -0.1) is 0 Å². The van der Waals surface area contributed by atoms with E-state index in [0.717, 1.165) is 32.1 Å². The molecule has 0 saturated heterocycles. The largest absolute Gasteiger partial charge is 0.393 e. The highest BCUT2D eigenvalue weighted by atomic mass is 16.5. The third kappa shape index (κ3) is 6.22. The fourth-order valence-electron chi connectivity index (χ4n) is 3.03. The van der Waals surface area contributed by atoms with Crippen molar-refractivity contribution in [2.24, 2.45) is 5.92 Å². The molecule has 0 bridgehead atoms. The number of amides is 2. The van der Waals surface area contributed by atoms with E-state index in [1.165, 1.54) is 0 Å². The maximum atomic E-state index is 12.2. The summed E-state index contributed by atoms with van der Waals surface area (Å²) in [5.74, 6) is 0.209. The van der Waals surface area contributed by atoms with Gasteiger partial charge in [-0.2, -0.15) is 0 Å². The van der Waals surface area contributed by atoms with Gasteiger partial charge < -0.3 is 20.1 Å². The van der Waals surface area contributed by atoms with Crippen LogP contribution in [0.15, 0.2) is 0 Å². The van der Waals surface area contributed by atoms with Gasteiger partial charge in [0.15, 0.2) is 0 Å². The molecule has 0 aromatic heterocycles. The van der Waals surface area contributed by atoms with Crippen LogP contribution in [0.1, 0.15) is 52.9 Å². The maximum absolute atomic E-state index is 12.2. The average molecular weight is 300 g/mol. The van der Waals surface area contributed by atoms with Crippen LogP contribution in [0.3, 0.4) is 0 Å². The van der Waals surface area contributed by atoms with Gasteiger partial charge in [-0.25, -0.2) is 4.79 Å². The highest BCUT2D eigenvalue weighted by Gasteiger charge is 2.27. The van der Waals surface area contributed by atoms with Crippen LogP contribution in [-0.4, -0.2) is 54.5 Å². The lowest BCUT2D eigenvalue weighted by atomic mass is 9.86. The number of ether oxygens (including phenoxy) is 1. The molecule has 0 heterocycles. The maximum Gasteiger partial charge on any atom is 0.317 e. The Labute approximate surface area is 129 Å². The van der Waals surface area contributed by atoms with E-state index < -0.39 is 0 Å². The zero-order valence-corrected chi connectivity index (χ0v) is 14.2. The summed E-state index contributed by atoms with van der Waals surface area (Å²) >= 11 is 0. The molecule has 5 nitrogen and oxygen atoms in total. The molecule has 2 amide bonds. The second-order valence-corrected chi connectivity index (χ2v) is 7.01. The van der Waals surface area contributed by atoms with Crippen LogP contribution in [0.2, 0.25) is 0 Å². The van der Waals surface area contributed by atoms with Crippen LogP contribution in [0.25, 0.3) is 0 Å². The molecule has 1 saturated carbocycles. The molecule has 124 valence electrons. The Morgan fingerprint density at radius 2 is 2.05 bits per heavy atom. The van der Waals surface area contributed by atoms with Crippen molar-refractivity contribution in [3.05, 3.63) is 0 Å². The van der Waals surface area contributed by atoms with E-state index in [9.17, 15) is 9.90 Å². The van der Waals surface area contributed by atoms with Crippen molar-refractivity contribution in [3.8, 4) is 0 Å².